The Kier molecular flexibility index (Phi) is 1.56. The van der Waals surface area contributed by atoms with Gasteiger partial charge >= 0.3 is 0 Å². The maximum absolute atomic E-state index is 11.6. The second-order valence-electron chi connectivity index (χ2n) is 4.25. The number of rotatable bonds is 0. The minimum Gasteiger partial charge on any atom is -0.454 e. The van der Waals surface area contributed by atoms with Gasteiger partial charge < -0.3 is 9.73 Å². The van der Waals surface area contributed by atoms with Crippen molar-refractivity contribution >= 4 is 39.3 Å². The minimum absolute atomic E-state index is 0.381. The average Bonchev–Trinajstić information content (AvgIpc) is 2.89. The molecule has 0 fully saturated rings. The Morgan fingerprint density at radius 2 is 1.78 bits per heavy atom. The SMILES string of the molecule is O=C1Nc2c(ccc3c2oc2ccccc23)C1=O. The standard InChI is InChI=1S/C14H7NO3/c16-12-9-6-5-8-7-3-1-2-4-10(7)18-13(8)11(9)15-14(12)17/h1-6H,(H,15,16,17). The first-order chi connectivity index (χ1) is 8.75. The van der Waals surface area contributed by atoms with Crippen molar-refractivity contribution in [2.45, 2.75) is 0 Å². The van der Waals surface area contributed by atoms with Crippen LogP contribution in [0.1, 0.15) is 10.4 Å². The summed E-state index contributed by atoms with van der Waals surface area (Å²) >= 11 is 0. The highest BCUT2D eigenvalue weighted by Crippen LogP contribution is 2.37. The number of furan rings is 1. The van der Waals surface area contributed by atoms with E-state index in [2.05, 4.69) is 5.32 Å². The van der Waals surface area contributed by atoms with Crippen LogP contribution in [0, 0.1) is 0 Å². The molecule has 4 heteroatoms. The van der Waals surface area contributed by atoms with Gasteiger partial charge in [-0.3, -0.25) is 9.59 Å². The quantitative estimate of drug-likeness (QED) is 0.611. The molecule has 4 nitrogen and oxygen atoms in total. The van der Waals surface area contributed by atoms with Crippen molar-refractivity contribution in [3.8, 4) is 0 Å². The first-order valence-electron chi connectivity index (χ1n) is 5.55. The van der Waals surface area contributed by atoms with E-state index in [0.29, 0.717) is 16.8 Å². The lowest BCUT2D eigenvalue weighted by Gasteiger charge is -1.96. The molecule has 0 saturated carbocycles. The number of hydrogen-bond donors (Lipinski definition) is 1. The van der Waals surface area contributed by atoms with Crippen molar-refractivity contribution in [3.63, 3.8) is 0 Å². The van der Waals surface area contributed by atoms with Crippen LogP contribution >= 0.6 is 0 Å². The zero-order chi connectivity index (χ0) is 12.3. The van der Waals surface area contributed by atoms with E-state index in [1.54, 1.807) is 6.07 Å². The highest BCUT2D eigenvalue weighted by molar-refractivity contribution is 6.52. The lowest BCUT2D eigenvalue weighted by Crippen LogP contribution is -2.12. The number of amides is 1. The van der Waals surface area contributed by atoms with E-state index >= 15 is 0 Å². The molecule has 0 unspecified atom stereocenters. The topological polar surface area (TPSA) is 59.3 Å². The van der Waals surface area contributed by atoms with Crippen molar-refractivity contribution in [1.82, 2.24) is 0 Å². The molecule has 0 saturated heterocycles. The first-order valence-corrected chi connectivity index (χ1v) is 5.55. The fourth-order valence-corrected chi connectivity index (χ4v) is 2.39. The van der Waals surface area contributed by atoms with Crippen LogP contribution in [0.3, 0.4) is 0 Å². The van der Waals surface area contributed by atoms with Gasteiger partial charge in [0.1, 0.15) is 5.58 Å². The highest BCUT2D eigenvalue weighted by Gasteiger charge is 2.31. The fourth-order valence-electron chi connectivity index (χ4n) is 2.39. The predicted octanol–water partition coefficient (Wildman–Crippen LogP) is 2.72. The number of fused-ring (bicyclic) bond motifs is 5. The Labute approximate surface area is 101 Å². The van der Waals surface area contributed by atoms with Crippen molar-refractivity contribution in [1.29, 1.82) is 0 Å². The third-order valence-corrected chi connectivity index (χ3v) is 3.24. The van der Waals surface area contributed by atoms with E-state index in [9.17, 15) is 9.59 Å². The summed E-state index contributed by atoms with van der Waals surface area (Å²) in [6.07, 6.45) is 0. The maximum Gasteiger partial charge on any atom is 0.296 e. The van der Waals surface area contributed by atoms with Crippen LogP contribution in [0.15, 0.2) is 40.8 Å². The van der Waals surface area contributed by atoms with Crippen molar-refractivity contribution in [3.05, 3.63) is 42.0 Å². The summed E-state index contributed by atoms with van der Waals surface area (Å²) in [5, 5.41) is 4.45. The molecule has 2 heterocycles. The van der Waals surface area contributed by atoms with Crippen molar-refractivity contribution < 1.29 is 14.0 Å². The highest BCUT2D eigenvalue weighted by atomic mass is 16.3. The molecule has 1 amide bonds. The maximum atomic E-state index is 11.6. The normalized spacial score (nSPS) is 14.2. The summed E-state index contributed by atoms with van der Waals surface area (Å²) in [7, 11) is 0. The molecule has 0 atom stereocenters. The number of hydrogen-bond acceptors (Lipinski definition) is 3. The van der Waals surface area contributed by atoms with Crippen LogP contribution in [0.5, 0.6) is 0 Å². The molecule has 0 spiro atoms. The summed E-state index contributed by atoms with van der Waals surface area (Å²) in [4.78, 5) is 23.0. The van der Waals surface area contributed by atoms with Crippen LogP contribution in [0.4, 0.5) is 5.69 Å². The van der Waals surface area contributed by atoms with Gasteiger partial charge in [0.05, 0.1) is 11.3 Å². The van der Waals surface area contributed by atoms with E-state index in [4.69, 9.17) is 4.42 Å². The van der Waals surface area contributed by atoms with Gasteiger partial charge in [-0.05, 0) is 18.2 Å². The third-order valence-electron chi connectivity index (χ3n) is 3.24. The summed E-state index contributed by atoms with van der Waals surface area (Å²) in [5.41, 5.74) is 2.17. The van der Waals surface area contributed by atoms with Gasteiger partial charge in [-0.1, -0.05) is 18.2 Å². The summed E-state index contributed by atoms with van der Waals surface area (Å²) in [6.45, 7) is 0. The third kappa shape index (κ3) is 0.996. The zero-order valence-corrected chi connectivity index (χ0v) is 9.19. The molecule has 2 aromatic carbocycles. The molecule has 1 N–H and O–H groups in total. The molecule has 0 aliphatic carbocycles. The number of Topliss-reactive ketones (excluding diaryl/α,β-unsaturated/α-hetero) is 1. The number of nitrogens with one attached hydrogen (secondary N) is 1. The second kappa shape index (κ2) is 2.98. The van der Waals surface area contributed by atoms with E-state index in [1.807, 2.05) is 30.3 Å². The molecule has 1 aromatic heterocycles. The predicted molar refractivity (Wildman–Crippen MR) is 66.7 cm³/mol. The molecule has 3 aromatic rings. The molecular weight excluding hydrogens is 230 g/mol. The van der Waals surface area contributed by atoms with Crippen LogP contribution in [-0.2, 0) is 4.79 Å². The zero-order valence-electron chi connectivity index (χ0n) is 9.19. The molecule has 4 rings (SSSR count). The Bertz CT molecular complexity index is 845. The van der Waals surface area contributed by atoms with Gasteiger partial charge in [0.2, 0.25) is 0 Å². The summed E-state index contributed by atoms with van der Waals surface area (Å²) < 4.78 is 5.72. The van der Waals surface area contributed by atoms with E-state index in [1.165, 1.54) is 0 Å². The first kappa shape index (κ1) is 9.41. The Morgan fingerprint density at radius 1 is 0.944 bits per heavy atom. The lowest BCUT2D eigenvalue weighted by molar-refractivity contribution is -0.112. The van der Waals surface area contributed by atoms with E-state index < -0.39 is 11.7 Å². The molecule has 1 aliphatic heterocycles. The molecular formula is C14H7NO3. The van der Waals surface area contributed by atoms with Crippen LogP contribution in [-0.4, -0.2) is 11.7 Å². The number of carbonyl (C=O) groups excluding carboxylic acids is 2. The van der Waals surface area contributed by atoms with Gasteiger partial charge in [-0.2, -0.15) is 0 Å². The minimum atomic E-state index is -0.599. The monoisotopic (exact) mass is 237 g/mol. The molecule has 0 radical (unpaired) electrons. The van der Waals surface area contributed by atoms with Crippen LogP contribution in [0.25, 0.3) is 21.9 Å². The number of carbonyl (C=O) groups is 2. The van der Waals surface area contributed by atoms with Crippen LogP contribution in [0.2, 0.25) is 0 Å². The molecule has 0 bridgehead atoms. The van der Waals surface area contributed by atoms with Gasteiger partial charge in [-0.15, -0.1) is 0 Å². The number of para-hydroxylation sites is 1. The van der Waals surface area contributed by atoms with Crippen molar-refractivity contribution in [2.24, 2.45) is 0 Å². The number of benzene rings is 2. The van der Waals surface area contributed by atoms with Gasteiger partial charge in [-0.25, -0.2) is 0 Å². The molecule has 18 heavy (non-hydrogen) atoms. The summed E-state index contributed by atoms with van der Waals surface area (Å²) in [6, 6.07) is 11.1. The second-order valence-corrected chi connectivity index (χ2v) is 4.25. The van der Waals surface area contributed by atoms with E-state index in [-0.39, 0.29) is 0 Å². The van der Waals surface area contributed by atoms with Gasteiger partial charge in [0, 0.05) is 10.8 Å². The van der Waals surface area contributed by atoms with E-state index in [0.717, 1.165) is 16.4 Å². The van der Waals surface area contributed by atoms with Gasteiger partial charge in [0.25, 0.3) is 11.7 Å². The number of anilines is 1. The lowest BCUT2D eigenvalue weighted by atomic mass is 10.1. The Balaban J connectivity index is 2.20. The number of ketones is 1. The average molecular weight is 237 g/mol. The van der Waals surface area contributed by atoms with Crippen molar-refractivity contribution in [2.75, 3.05) is 5.32 Å². The molecule has 1 aliphatic rings. The Hall–Kier alpha value is -2.62. The molecule has 86 valence electrons. The van der Waals surface area contributed by atoms with Crippen LogP contribution < -0.4 is 5.32 Å². The fraction of sp³-hybridized carbons (Fsp3) is 0. The smallest absolute Gasteiger partial charge is 0.296 e. The largest absolute Gasteiger partial charge is 0.454 e. The Morgan fingerprint density at radius 3 is 2.67 bits per heavy atom. The van der Waals surface area contributed by atoms with Gasteiger partial charge in [0.15, 0.2) is 5.58 Å². The summed E-state index contributed by atoms with van der Waals surface area (Å²) in [5.74, 6) is -1.11.